The summed E-state index contributed by atoms with van der Waals surface area (Å²) in [6.07, 6.45) is -0.760. The van der Waals surface area contributed by atoms with Gasteiger partial charge in [-0.3, -0.25) is 4.90 Å². The molecule has 2 aromatic rings. The lowest BCUT2D eigenvalue weighted by Gasteiger charge is -2.31. The molecular formula is C13H16ClF3N4S2. The van der Waals surface area contributed by atoms with Crippen molar-refractivity contribution < 1.29 is 13.2 Å². The Labute approximate surface area is 146 Å². The summed E-state index contributed by atoms with van der Waals surface area (Å²) < 4.78 is 38.0. The Morgan fingerprint density at radius 2 is 2.17 bits per heavy atom. The molecule has 1 aliphatic heterocycles. The van der Waals surface area contributed by atoms with Crippen LogP contribution in [0.4, 0.5) is 18.3 Å². The molecule has 2 N–H and O–H groups in total. The topological polar surface area (TPSA) is 55.0 Å². The van der Waals surface area contributed by atoms with Crippen LogP contribution in [0.25, 0.3) is 0 Å². The number of alkyl halides is 3. The number of thiazole rings is 2. The lowest BCUT2D eigenvalue weighted by Crippen LogP contribution is -2.33. The zero-order chi connectivity index (χ0) is 15.7. The van der Waals surface area contributed by atoms with E-state index in [1.165, 1.54) is 11.3 Å². The van der Waals surface area contributed by atoms with Crippen molar-refractivity contribution in [3.63, 3.8) is 0 Å². The van der Waals surface area contributed by atoms with Gasteiger partial charge in [0.15, 0.2) is 10.8 Å². The van der Waals surface area contributed by atoms with E-state index >= 15 is 0 Å². The molecule has 23 heavy (non-hydrogen) atoms. The summed E-state index contributed by atoms with van der Waals surface area (Å²) >= 11 is 2.56. The summed E-state index contributed by atoms with van der Waals surface area (Å²) in [6, 6.07) is 0. The second-order valence-corrected chi connectivity index (χ2v) is 7.34. The Hall–Kier alpha value is -0.900. The maximum Gasteiger partial charge on any atom is 0.434 e. The van der Waals surface area contributed by atoms with Crippen LogP contribution in [-0.2, 0) is 12.7 Å². The van der Waals surface area contributed by atoms with Gasteiger partial charge in [0.1, 0.15) is 0 Å². The molecule has 1 atom stereocenters. The van der Waals surface area contributed by atoms with Crippen molar-refractivity contribution in [1.82, 2.24) is 14.9 Å². The standard InChI is InChI=1S/C13H15F3N4S2.ClH/c14-13(15,16)10-7-21-11(19-10)8-2-1-3-20(5-8)6-9-4-18-12(17)22-9;/h4,7-8H,1-3,5-6H2,(H2,17,18);1H. The van der Waals surface area contributed by atoms with E-state index in [0.717, 1.165) is 54.1 Å². The summed E-state index contributed by atoms with van der Waals surface area (Å²) in [7, 11) is 0. The third-order valence-corrected chi connectivity index (χ3v) is 5.44. The Kier molecular flexibility index (Phi) is 5.88. The smallest absolute Gasteiger partial charge is 0.375 e. The number of halogens is 4. The molecule has 3 rings (SSSR count). The van der Waals surface area contributed by atoms with Crippen LogP contribution in [0.2, 0.25) is 0 Å². The van der Waals surface area contributed by atoms with E-state index in [2.05, 4.69) is 14.9 Å². The first kappa shape index (κ1) is 18.4. The van der Waals surface area contributed by atoms with Gasteiger partial charge in [0.25, 0.3) is 0 Å². The quantitative estimate of drug-likeness (QED) is 0.868. The monoisotopic (exact) mass is 384 g/mol. The number of nitrogens with two attached hydrogens (primary N) is 1. The van der Waals surface area contributed by atoms with E-state index in [1.807, 2.05) is 0 Å². The molecule has 0 aromatic carbocycles. The molecule has 1 aliphatic rings. The minimum absolute atomic E-state index is 0. The molecule has 10 heteroatoms. The number of nitrogens with zero attached hydrogens (tertiary/aromatic N) is 3. The molecule has 128 valence electrons. The summed E-state index contributed by atoms with van der Waals surface area (Å²) in [5.41, 5.74) is 4.84. The summed E-state index contributed by atoms with van der Waals surface area (Å²) in [5, 5.41) is 2.23. The minimum atomic E-state index is -4.36. The Morgan fingerprint density at radius 3 is 2.78 bits per heavy atom. The van der Waals surface area contributed by atoms with Crippen molar-refractivity contribution in [1.29, 1.82) is 0 Å². The zero-order valence-electron chi connectivity index (χ0n) is 12.0. The van der Waals surface area contributed by atoms with Crippen molar-refractivity contribution in [2.75, 3.05) is 18.8 Å². The first-order chi connectivity index (χ1) is 10.4. The number of aromatic nitrogens is 2. The summed E-state index contributed by atoms with van der Waals surface area (Å²) in [4.78, 5) is 11.1. The first-order valence-corrected chi connectivity index (χ1v) is 8.56. The summed E-state index contributed by atoms with van der Waals surface area (Å²) in [5.74, 6) is 0.0696. The van der Waals surface area contributed by atoms with Gasteiger partial charge < -0.3 is 5.73 Å². The molecule has 0 spiro atoms. The van der Waals surface area contributed by atoms with E-state index in [4.69, 9.17) is 5.73 Å². The molecule has 0 radical (unpaired) electrons. The highest BCUT2D eigenvalue weighted by Gasteiger charge is 2.35. The third-order valence-electron chi connectivity index (χ3n) is 3.62. The predicted octanol–water partition coefficient (Wildman–Crippen LogP) is 4.00. The van der Waals surface area contributed by atoms with Crippen LogP contribution in [0.1, 0.15) is 34.3 Å². The SMILES string of the molecule is Cl.Nc1ncc(CN2CCCC(c3nc(C(F)(F)F)cs3)C2)s1. The molecule has 0 amide bonds. The van der Waals surface area contributed by atoms with Gasteiger partial charge in [0, 0.05) is 35.5 Å². The highest BCUT2D eigenvalue weighted by Crippen LogP contribution is 2.35. The highest BCUT2D eigenvalue weighted by molar-refractivity contribution is 7.15. The largest absolute Gasteiger partial charge is 0.434 e. The van der Waals surface area contributed by atoms with Crippen LogP contribution in [-0.4, -0.2) is 28.0 Å². The average molecular weight is 385 g/mol. The van der Waals surface area contributed by atoms with E-state index < -0.39 is 11.9 Å². The molecule has 1 saturated heterocycles. The average Bonchev–Trinajstić information content (AvgIpc) is 3.08. The van der Waals surface area contributed by atoms with E-state index in [9.17, 15) is 13.2 Å². The Bertz CT molecular complexity index is 643. The van der Waals surface area contributed by atoms with Gasteiger partial charge in [-0.2, -0.15) is 13.2 Å². The fourth-order valence-electron chi connectivity index (χ4n) is 2.62. The number of likely N-dealkylation sites (tertiary alicyclic amines) is 1. The minimum Gasteiger partial charge on any atom is -0.375 e. The van der Waals surface area contributed by atoms with Crippen LogP contribution in [0.5, 0.6) is 0 Å². The number of hydrogen-bond donors (Lipinski definition) is 1. The second kappa shape index (κ2) is 7.33. The number of anilines is 1. The van der Waals surface area contributed by atoms with Gasteiger partial charge in [-0.25, -0.2) is 9.97 Å². The second-order valence-electron chi connectivity index (χ2n) is 5.31. The lowest BCUT2D eigenvalue weighted by atomic mass is 9.99. The maximum atomic E-state index is 12.7. The molecular weight excluding hydrogens is 369 g/mol. The van der Waals surface area contributed by atoms with Crippen molar-refractivity contribution in [2.24, 2.45) is 0 Å². The van der Waals surface area contributed by atoms with Crippen molar-refractivity contribution in [2.45, 2.75) is 31.5 Å². The molecule has 2 aromatic heterocycles. The number of nitrogen functional groups attached to an aromatic ring is 1. The molecule has 4 nitrogen and oxygen atoms in total. The third kappa shape index (κ3) is 4.56. The maximum absolute atomic E-state index is 12.7. The van der Waals surface area contributed by atoms with Crippen molar-refractivity contribution in [3.05, 3.63) is 27.2 Å². The Morgan fingerprint density at radius 1 is 1.39 bits per heavy atom. The van der Waals surface area contributed by atoms with Gasteiger partial charge >= 0.3 is 6.18 Å². The van der Waals surface area contributed by atoms with Crippen LogP contribution in [0.3, 0.4) is 0 Å². The molecule has 3 heterocycles. The Balaban J connectivity index is 0.00000192. The number of hydrogen-bond acceptors (Lipinski definition) is 6. The molecule has 0 aliphatic carbocycles. The molecule has 1 fully saturated rings. The molecule has 0 saturated carbocycles. The van der Waals surface area contributed by atoms with E-state index in [0.29, 0.717) is 10.1 Å². The molecule has 0 bridgehead atoms. The first-order valence-electron chi connectivity index (χ1n) is 6.87. The fourth-order valence-corrected chi connectivity index (χ4v) is 4.30. The molecule has 1 unspecified atom stereocenters. The van der Waals surface area contributed by atoms with E-state index in [1.54, 1.807) is 6.20 Å². The number of piperidine rings is 1. The lowest BCUT2D eigenvalue weighted by molar-refractivity contribution is -0.140. The fraction of sp³-hybridized carbons (Fsp3) is 0.538. The van der Waals surface area contributed by atoms with Crippen LogP contribution < -0.4 is 5.73 Å². The van der Waals surface area contributed by atoms with Gasteiger partial charge in [-0.15, -0.1) is 35.1 Å². The zero-order valence-corrected chi connectivity index (χ0v) is 14.5. The van der Waals surface area contributed by atoms with Crippen LogP contribution >= 0.6 is 35.1 Å². The predicted molar refractivity (Wildman–Crippen MR) is 88.1 cm³/mol. The van der Waals surface area contributed by atoms with Gasteiger partial charge in [-0.1, -0.05) is 0 Å². The van der Waals surface area contributed by atoms with Crippen LogP contribution in [0, 0.1) is 0 Å². The summed E-state index contributed by atoms with van der Waals surface area (Å²) in [6.45, 7) is 2.40. The number of rotatable bonds is 3. The van der Waals surface area contributed by atoms with Gasteiger partial charge in [0.2, 0.25) is 0 Å². The normalized spacial score (nSPS) is 19.5. The highest BCUT2D eigenvalue weighted by atomic mass is 35.5. The van der Waals surface area contributed by atoms with Gasteiger partial charge in [-0.05, 0) is 19.4 Å². The van der Waals surface area contributed by atoms with E-state index in [-0.39, 0.29) is 18.3 Å². The van der Waals surface area contributed by atoms with Crippen LogP contribution in [0.15, 0.2) is 11.6 Å². The van der Waals surface area contributed by atoms with Crippen molar-refractivity contribution >= 4 is 40.2 Å². The van der Waals surface area contributed by atoms with Gasteiger partial charge in [0.05, 0.1) is 5.01 Å². The van der Waals surface area contributed by atoms with Crippen molar-refractivity contribution in [3.8, 4) is 0 Å².